The Morgan fingerprint density at radius 1 is 0.966 bits per heavy atom. The first-order chi connectivity index (χ1) is 14.0. The molecule has 3 amide bonds. The monoisotopic (exact) mass is 395 g/mol. The number of ether oxygens (including phenoxy) is 1. The van der Waals surface area contributed by atoms with Crippen molar-refractivity contribution in [3.63, 3.8) is 0 Å². The third kappa shape index (κ3) is 5.34. The molecule has 1 aliphatic heterocycles. The van der Waals surface area contributed by atoms with Gasteiger partial charge in [-0.3, -0.25) is 14.4 Å². The molecule has 2 aromatic rings. The second-order valence-electron chi connectivity index (χ2n) is 7.05. The van der Waals surface area contributed by atoms with Gasteiger partial charge >= 0.3 is 0 Å². The molecule has 7 nitrogen and oxygen atoms in total. The number of hydrogen-bond acceptors (Lipinski definition) is 4. The average molecular weight is 395 g/mol. The van der Waals surface area contributed by atoms with E-state index in [9.17, 15) is 14.4 Å². The fourth-order valence-corrected chi connectivity index (χ4v) is 3.30. The predicted molar refractivity (Wildman–Crippen MR) is 111 cm³/mol. The van der Waals surface area contributed by atoms with E-state index in [4.69, 9.17) is 4.74 Å². The highest BCUT2D eigenvalue weighted by atomic mass is 16.5. The van der Waals surface area contributed by atoms with Crippen molar-refractivity contribution in [2.24, 2.45) is 5.92 Å². The van der Waals surface area contributed by atoms with Crippen LogP contribution in [0.25, 0.3) is 0 Å². The summed E-state index contributed by atoms with van der Waals surface area (Å²) in [6.07, 6.45) is 1.58. The SMILES string of the molecule is COc1ccc(NC(=O)c2ccc(NC(=O)[C@H]3CCCN(C(C)=O)C3)cc2)cc1. The lowest BCUT2D eigenvalue weighted by Gasteiger charge is -2.31. The summed E-state index contributed by atoms with van der Waals surface area (Å²) in [5, 5.41) is 5.69. The summed E-state index contributed by atoms with van der Waals surface area (Å²) in [5.41, 5.74) is 1.77. The molecular formula is C22H25N3O4. The Labute approximate surface area is 170 Å². The van der Waals surface area contributed by atoms with Gasteiger partial charge in [0.05, 0.1) is 13.0 Å². The van der Waals surface area contributed by atoms with Crippen LogP contribution in [-0.2, 0) is 9.59 Å². The summed E-state index contributed by atoms with van der Waals surface area (Å²) < 4.78 is 5.10. The summed E-state index contributed by atoms with van der Waals surface area (Å²) in [4.78, 5) is 38.1. The molecule has 2 N–H and O–H groups in total. The molecule has 0 unspecified atom stereocenters. The number of likely N-dealkylation sites (tertiary alicyclic amines) is 1. The van der Waals surface area contributed by atoms with Crippen LogP contribution in [0.3, 0.4) is 0 Å². The lowest BCUT2D eigenvalue weighted by Crippen LogP contribution is -2.42. The van der Waals surface area contributed by atoms with Gasteiger partial charge in [0.2, 0.25) is 11.8 Å². The molecule has 0 aliphatic carbocycles. The van der Waals surface area contributed by atoms with Gasteiger partial charge in [0.1, 0.15) is 5.75 Å². The highest BCUT2D eigenvalue weighted by molar-refractivity contribution is 6.04. The minimum Gasteiger partial charge on any atom is -0.497 e. The second-order valence-corrected chi connectivity index (χ2v) is 7.05. The molecule has 0 spiro atoms. The lowest BCUT2D eigenvalue weighted by atomic mass is 9.97. The van der Waals surface area contributed by atoms with Gasteiger partial charge in [-0.2, -0.15) is 0 Å². The molecule has 0 bridgehead atoms. The largest absolute Gasteiger partial charge is 0.497 e. The maximum Gasteiger partial charge on any atom is 0.255 e. The van der Waals surface area contributed by atoms with Gasteiger partial charge in [-0.15, -0.1) is 0 Å². The number of hydrogen-bond donors (Lipinski definition) is 2. The van der Waals surface area contributed by atoms with Crippen LogP contribution in [-0.4, -0.2) is 42.8 Å². The number of amides is 3. The first kappa shape index (κ1) is 20.4. The zero-order valence-corrected chi connectivity index (χ0v) is 16.6. The number of nitrogens with zero attached hydrogens (tertiary/aromatic N) is 1. The van der Waals surface area contributed by atoms with E-state index in [0.717, 1.165) is 12.8 Å². The molecule has 1 aliphatic rings. The van der Waals surface area contributed by atoms with Crippen molar-refractivity contribution in [1.29, 1.82) is 0 Å². The fraction of sp³-hybridized carbons (Fsp3) is 0.318. The number of methoxy groups -OCH3 is 1. The quantitative estimate of drug-likeness (QED) is 0.814. The minimum atomic E-state index is -0.238. The van der Waals surface area contributed by atoms with Crippen molar-refractivity contribution in [3.05, 3.63) is 54.1 Å². The highest BCUT2D eigenvalue weighted by Gasteiger charge is 2.27. The molecule has 1 fully saturated rings. The van der Waals surface area contributed by atoms with Crippen LogP contribution >= 0.6 is 0 Å². The van der Waals surface area contributed by atoms with Gasteiger partial charge in [0, 0.05) is 37.0 Å². The van der Waals surface area contributed by atoms with E-state index in [1.807, 2.05) is 0 Å². The molecule has 1 heterocycles. The number of rotatable bonds is 5. The number of anilines is 2. The van der Waals surface area contributed by atoms with E-state index in [2.05, 4.69) is 10.6 Å². The zero-order valence-electron chi connectivity index (χ0n) is 16.6. The highest BCUT2D eigenvalue weighted by Crippen LogP contribution is 2.20. The molecule has 0 aromatic heterocycles. The van der Waals surface area contributed by atoms with Crippen molar-refractivity contribution >= 4 is 29.1 Å². The Morgan fingerprint density at radius 2 is 1.59 bits per heavy atom. The van der Waals surface area contributed by atoms with Gasteiger partial charge < -0.3 is 20.3 Å². The molecule has 1 saturated heterocycles. The Bertz CT molecular complexity index is 878. The van der Waals surface area contributed by atoms with Gasteiger partial charge in [-0.05, 0) is 61.4 Å². The Kier molecular flexibility index (Phi) is 6.49. The van der Waals surface area contributed by atoms with E-state index in [1.165, 1.54) is 6.92 Å². The second kappa shape index (κ2) is 9.23. The van der Waals surface area contributed by atoms with Crippen LogP contribution in [0.15, 0.2) is 48.5 Å². The molecular weight excluding hydrogens is 370 g/mol. The van der Waals surface area contributed by atoms with Crippen LogP contribution in [0.1, 0.15) is 30.1 Å². The Morgan fingerprint density at radius 3 is 2.21 bits per heavy atom. The maximum absolute atomic E-state index is 12.5. The summed E-state index contributed by atoms with van der Waals surface area (Å²) in [7, 11) is 1.58. The standard InChI is InChI=1S/C22H25N3O4/c1-15(26)25-13-3-4-17(14-25)22(28)24-18-7-5-16(6-8-18)21(27)23-19-9-11-20(29-2)12-10-19/h5-12,17H,3-4,13-14H2,1-2H3,(H,23,27)(H,24,28)/t17-/m0/s1. The molecule has 2 aromatic carbocycles. The smallest absolute Gasteiger partial charge is 0.255 e. The summed E-state index contributed by atoms with van der Waals surface area (Å²) >= 11 is 0. The summed E-state index contributed by atoms with van der Waals surface area (Å²) in [6, 6.07) is 13.8. The van der Waals surface area contributed by atoms with E-state index in [-0.39, 0.29) is 23.6 Å². The first-order valence-electron chi connectivity index (χ1n) is 9.58. The third-order valence-corrected chi connectivity index (χ3v) is 5.00. The number of carbonyl (C=O) groups excluding carboxylic acids is 3. The van der Waals surface area contributed by atoms with Crippen LogP contribution < -0.4 is 15.4 Å². The maximum atomic E-state index is 12.5. The van der Waals surface area contributed by atoms with E-state index in [0.29, 0.717) is 35.8 Å². The van der Waals surface area contributed by atoms with Crippen LogP contribution in [0.4, 0.5) is 11.4 Å². The van der Waals surface area contributed by atoms with Crippen molar-refractivity contribution in [2.45, 2.75) is 19.8 Å². The summed E-state index contributed by atoms with van der Waals surface area (Å²) in [5.74, 6) is 0.150. The van der Waals surface area contributed by atoms with Crippen molar-refractivity contribution < 1.29 is 19.1 Å². The van der Waals surface area contributed by atoms with Crippen LogP contribution in [0, 0.1) is 5.92 Å². The van der Waals surface area contributed by atoms with Crippen molar-refractivity contribution in [1.82, 2.24) is 4.90 Å². The van der Waals surface area contributed by atoms with E-state index < -0.39 is 0 Å². The number of nitrogens with one attached hydrogen (secondary N) is 2. The zero-order chi connectivity index (χ0) is 20.8. The van der Waals surface area contributed by atoms with Gasteiger partial charge in [-0.1, -0.05) is 0 Å². The molecule has 0 radical (unpaired) electrons. The Hall–Kier alpha value is -3.35. The van der Waals surface area contributed by atoms with E-state index >= 15 is 0 Å². The summed E-state index contributed by atoms with van der Waals surface area (Å²) in [6.45, 7) is 2.68. The number of benzene rings is 2. The first-order valence-corrected chi connectivity index (χ1v) is 9.58. The lowest BCUT2D eigenvalue weighted by molar-refractivity contribution is -0.132. The fourth-order valence-electron chi connectivity index (χ4n) is 3.30. The number of piperidine rings is 1. The topological polar surface area (TPSA) is 87.7 Å². The third-order valence-electron chi connectivity index (χ3n) is 5.00. The van der Waals surface area contributed by atoms with Crippen molar-refractivity contribution in [3.8, 4) is 5.75 Å². The van der Waals surface area contributed by atoms with E-state index in [1.54, 1.807) is 60.5 Å². The van der Waals surface area contributed by atoms with Crippen molar-refractivity contribution in [2.75, 3.05) is 30.8 Å². The molecule has 1 atom stereocenters. The molecule has 0 saturated carbocycles. The van der Waals surface area contributed by atoms with Gasteiger partial charge in [0.25, 0.3) is 5.91 Å². The minimum absolute atomic E-state index is 0.00488. The average Bonchev–Trinajstić information content (AvgIpc) is 2.74. The molecule has 3 rings (SSSR count). The van der Waals surface area contributed by atoms with Crippen LogP contribution in [0.5, 0.6) is 5.75 Å². The van der Waals surface area contributed by atoms with Gasteiger partial charge in [0.15, 0.2) is 0 Å². The molecule has 7 heteroatoms. The van der Waals surface area contributed by atoms with Crippen LogP contribution in [0.2, 0.25) is 0 Å². The Balaban J connectivity index is 1.57. The number of carbonyl (C=O) groups is 3. The van der Waals surface area contributed by atoms with Gasteiger partial charge in [-0.25, -0.2) is 0 Å². The molecule has 29 heavy (non-hydrogen) atoms. The predicted octanol–water partition coefficient (Wildman–Crippen LogP) is 3.14. The molecule has 152 valence electrons. The normalized spacial score (nSPS) is 16.1.